The zero-order chi connectivity index (χ0) is 12.7. The lowest BCUT2D eigenvalue weighted by atomic mass is 9.97. The molecule has 0 aromatic carbocycles. The topological polar surface area (TPSA) is 49.3 Å². The molecule has 0 aromatic heterocycles. The Bertz CT molecular complexity index is 224. The van der Waals surface area contributed by atoms with E-state index in [1.54, 1.807) is 0 Å². The largest absolute Gasteiger partial charge is 0.393 e. The van der Waals surface area contributed by atoms with Crippen molar-refractivity contribution in [1.29, 1.82) is 0 Å². The summed E-state index contributed by atoms with van der Waals surface area (Å²) in [6.07, 6.45) is 6.79. The normalized spacial score (nSPS) is 24.2. The van der Waals surface area contributed by atoms with Crippen LogP contribution in [0.1, 0.15) is 58.8 Å². The zero-order valence-corrected chi connectivity index (χ0v) is 11.2. The van der Waals surface area contributed by atoms with E-state index in [1.165, 1.54) is 0 Å². The predicted octanol–water partition coefficient (Wildman–Crippen LogP) is 2.48. The molecule has 0 saturated heterocycles. The fraction of sp³-hybridized carbons (Fsp3) is 0.929. The molecule has 0 bridgehead atoms. The first-order valence-electron chi connectivity index (χ1n) is 7.13. The van der Waals surface area contributed by atoms with Crippen molar-refractivity contribution in [3.05, 3.63) is 0 Å². The Hall–Kier alpha value is -0.570. The van der Waals surface area contributed by atoms with Crippen molar-refractivity contribution in [2.75, 3.05) is 6.54 Å². The van der Waals surface area contributed by atoms with Crippen LogP contribution in [0.25, 0.3) is 0 Å². The third-order valence-electron chi connectivity index (χ3n) is 3.72. The molecule has 1 rings (SSSR count). The number of amides is 1. The highest BCUT2D eigenvalue weighted by atomic mass is 16.3. The van der Waals surface area contributed by atoms with E-state index in [-0.39, 0.29) is 17.9 Å². The van der Waals surface area contributed by atoms with E-state index in [9.17, 15) is 9.90 Å². The number of hydrogen-bond acceptors (Lipinski definition) is 2. The van der Waals surface area contributed by atoms with Gasteiger partial charge in [0.05, 0.1) is 6.10 Å². The highest BCUT2D eigenvalue weighted by Crippen LogP contribution is 2.24. The van der Waals surface area contributed by atoms with Gasteiger partial charge in [0, 0.05) is 12.5 Å². The van der Waals surface area contributed by atoms with Crippen LogP contribution in [0.15, 0.2) is 0 Å². The molecular weight excluding hydrogens is 214 g/mol. The first-order chi connectivity index (χ1) is 8.17. The lowest BCUT2D eigenvalue weighted by molar-refractivity contribution is -0.125. The van der Waals surface area contributed by atoms with Crippen molar-refractivity contribution in [2.24, 2.45) is 11.8 Å². The summed E-state index contributed by atoms with van der Waals surface area (Å²) >= 11 is 0. The number of rotatable bonds is 7. The molecule has 0 heterocycles. The third kappa shape index (κ3) is 5.07. The molecule has 3 nitrogen and oxygen atoms in total. The number of nitrogens with one attached hydrogen (secondary N) is 1. The summed E-state index contributed by atoms with van der Waals surface area (Å²) < 4.78 is 0. The van der Waals surface area contributed by atoms with Gasteiger partial charge in [0.2, 0.25) is 5.91 Å². The SMILES string of the molecule is CCCC(CCC)C(=O)NCC1CCC(O)C1. The molecule has 0 radical (unpaired) electrons. The standard InChI is InChI=1S/C14H27NO2/c1-3-5-12(6-4-2)14(17)15-10-11-7-8-13(16)9-11/h11-13,16H,3-10H2,1-2H3,(H,15,17). The Kier molecular flexibility index (Phi) is 6.56. The molecule has 2 unspecified atom stereocenters. The molecule has 1 aliphatic carbocycles. The maximum absolute atomic E-state index is 12.0. The van der Waals surface area contributed by atoms with Crippen molar-refractivity contribution >= 4 is 5.91 Å². The van der Waals surface area contributed by atoms with Crippen LogP contribution in [0.2, 0.25) is 0 Å². The molecule has 1 saturated carbocycles. The Morgan fingerprint density at radius 1 is 1.29 bits per heavy atom. The van der Waals surface area contributed by atoms with Crippen LogP contribution in [0.3, 0.4) is 0 Å². The van der Waals surface area contributed by atoms with E-state index < -0.39 is 0 Å². The van der Waals surface area contributed by atoms with Gasteiger partial charge in [0.15, 0.2) is 0 Å². The molecular formula is C14H27NO2. The molecule has 0 spiro atoms. The molecule has 0 aliphatic heterocycles. The number of aliphatic hydroxyl groups excluding tert-OH is 1. The average molecular weight is 241 g/mol. The second kappa shape index (κ2) is 7.70. The highest BCUT2D eigenvalue weighted by Gasteiger charge is 2.24. The van der Waals surface area contributed by atoms with Gasteiger partial charge in [-0.15, -0.1) is 0 Å². The van der Waals surface area contributed by atoms with Crippen LogP contribution >= 0.6 is 0 Å². The van der Waals surface area contributed by atoms with Gasteiger partial charge in [-0.3, -0.25) is 4.79 Å². The van der Waals surface area contributed by atoms with Gasteiger partial charge in [-0.25, -0.2) is 0 Å². The lowest BCUT2D eigenvalue weighted by Gasteiger charge is -2.17. The fourth-order valence-electron chi connectivity index (χ4n) is 2.73. The Morgan fingerprint density at radius 2 is 1.94 bits per heavy atom. The van der Waals surface area contributed by atoms with Gasteiger partial charge in [-0.05, 0) is 38.0 Å². The number of aliphatic hydroxyl groups is 1. The van der Waals surface area contributed by atoms with Gasteiger partial charge >= 0.3 is 0 Å². The second-order valence-electron chi connectivity index (χ2n) is 5.35. The molecule has 17 heavy (non-hydrogen) atoms. The van der Waals surface area contributed by atoms with Crippen molar-refractivity contribution < 1.29 is 9.90 Å². The molecule has 1 fully saturated rings. The van der Waals surface area contributed by atoms with Crippen LogP contribution in [-0.4, -0.2) is 23.7 Å². The number of carbonyl (C=O) groups excluding carboxylic acids is 1. The molecule has 3 heteroatoms. The molecule has 1 amide bonds. The van der Waals surface area contributed by atoms with E-state index >= 15 is 0 Å². The first kappa shape index (κ1) is 14.5. The maximum atomic E-state index is 12.0. The van der Waals surface area contributed by atoms with Crippen LogP contribution in [0, 0.1) is 11.8 Å². The van der Waals surface area contributed by atoms with Crippen molar-refractivity contribution in [2.45, 2.75) is 64.9 Å². The molecule has 2 N–H and O–H groups in total. The third-order valence-corrected chi connectivity index (χ3v) is 3.72. The zero-order valence-electron chi connectivity index (χ0n) is 11.2. The molecule has 100 valence electrons. The van der Waals surface area contributed by atoms with Crippen molar-refractivity contribution in [3.8, 4) is 0 Å². The Balaban J connectivity index is 2.26. The van der Waals surface area contributed by atoms with E-state index in [1.807, 2.05) is 0 Å². The molecule has 0 aromatic rings. The summed E-state index contributed by atoms with van der Waals surface area (Å²) in [5, 5.41) is 12.5. The average Bonchev–Trinajstić information content (AvgIpc) is 2.72. The quantitative estimate of drug-likeness (QED) is 0.719. The summed E-state index contributed by atoms with van der Waals surface area (Å²) in [6.45, 7) is 5.01. The first-order valence-corrected chi connectivity index (χ1v) is 7.13. The summed E-state index contributed by atoms with van der Waals surface area (Å²) in [7, 11) is 0. The van der Waals surface area contributed by atoms with Crippen LogP contribution < -0.4 is 5.32 Å². The van der Waals surface area contributed by atoms with Crippen LogP contribution in [-0.2, 0) is 4.79 Å². The minimum absolute atomic E-state index is 0.140. The fourth-order valence-corrected chi connectivity index (χ4v) is 2.73. The minimum Gasteiger partial charge on any atom is -0.393 e. The van der Waals surface area contributed by atoms with E-state index in [0.29, 0.717) is 5.92 Å². The summed E-state index contributed by atoms with van der Waals surface area (Å²) in [4.78, 5) is 12.0. The second-order valence-corrected chi connectivity index (χ2v) is 5.35. The Labute approximate surface area is 105 Å². The monoisotopic (exact) mass is 241 g/mol. The number of carbonyl (C=O) groups is 1. The van der Waals surface area contributed by atoms with Crippen molar-refractivity contribution in [1.82, 2.24) is 5.32 Å². The van der Waals surface area contributed by atoms with Gasteiger partial charge < -0.3 is 10.4 Å². The van der Waals surface area contributed by atoms with Gasteiger partial charge in [0.1, 0.15) is 0 Å². The molecule has 2 atom stereocenters. The Morgan fingerprint density at radius 3 is 2.41 bits per heavy atom. The maximum Gasteiger partial charge on any atom is 0.223 e. The van der Waals surface area contributed by atoms with Crippen LogP contribution in [0.5, 0.6) is 0 Å². The summed E-state index contributed by atoms with van der Waals surface area (Å²) in [5.74, 6) is 0.893. The predicted molar refractivity (Wildman–Crippen MR) is 69.7 cm³/mol. The highest BCUT2D eigenvalue weighted by molar-refractivity contribution is 5.78. The lowest BCUT2D eigenvalue weighted by Crippen LogP contribution is -2.34. The minimum atomic E-state index is -0.140. The smallest absolute Gasteiger partial charge is 0.223 e. The van der Waals surface area contributed by atoms with E-state index in [2.05, 4.69) is 19.2 Å². The van der Waals surface area contributed by atoms with E-state index in [0.717, 1.165) is 51.5 Å². The van der Waals surface area contributed by atoms with Gasteiger partial charge in [-0.2, -0.15) is 0 Å². The van der Waals surface area contributed by atoms with Gasteiger partial charge in [-0.1, -0.05) is 26.7 Å². The summed E-state index contributed by atoms with van der Waals surface area (Å²) in [6, 6.07) is 0. The van der Waals surface area contributed by atoms with Crippen molar-refractivity contribution in [3.63, 3.8) is 0 Å². The van der Waals surface area contributed by atoms with E-state index in [4.69, 9.17) is 0 Å². The number of hydrogen-bond donors (Lipinski definition) is 2. The van der Waals surface area contributed by atoms with Gasteiger partial charge in [0.25, 0.3) is 0 Å². The molecule has 1 aliphatic rings. The summed E-state index contributed by atoms with van der Waals surface area (Å²) in [5.41, 5.74) is 0. The van der Waals surface area contributed by atoms with Crippen LogP contribution in [0.4, 0.5) is 0 Å².